The van der Waals surface area contributed by atoms with Gasteiger partial charge in [-0.05, 0) is 29.7 Å². The average Bonchev–Trinajstić information content (AvgIpc) is 2.71. The summed E-state index contributed by atoms with van der Waals surface area (Å²) in [6.07, 6.45) is 1.69. The number of hydrogen-bond acceptors (Lipinski definition) is 3. The van der Waals surface area contributed by atoms with Crippen molar-refractivity contribution in [3.63, 3.8) is 0 Å². The fraction of sp³-hybridized carbons (Fsp3) is 0.333. The summed E-state index contributed by atoms with van der Waals surface area (Å²) in [4.78, 5) is 16.9. The van der Waals surface area contributed by atoms with E-state index in [1.165, 1.54) is 0 Å². The topological polar surface area (TPSA) is 65.8 Å². The van der Waals surface area contributed by atoms with Crippen LogP contribution in [0, 0.1) is 5.41 Å². The largest absolute Gasteiger partial charge is 0.399 e. The van der Waals surface area contributed by atoms with Crippen LogP contribution in [0.15, 0.2) is 41.3 Å². The molecule has 2 aromatic heterocycles. The first-order chi connectivity index (χ1) is 10.8. The Morgan fingerprint density at radius 1 is 1.13 bits per heavy atom. The number of anilines is 1. The summed E-state index contributed by atoms with van der Waals surface area (Å²) < 4.78 is 3.53. The first-order valence-electron chi connectivity index (χ1n) is 7.67. The Labute approximate surface area is 135 Å². The molecule has 2 heterocycles. The molecule has 0 aliphatic rings. The van der Waals surface area contributed by atoms with Gasteiger partial charge in [0.1, 0.15) is 0 Å². The summed E-state index contributed by atoms with van der Waals surface area (Å²) in [6.45, 7) is 7.06. The Balaban J connectivity index is 2.18. The molecule has 2 N–H and O–H groups in total. The van der Waals surface area contributed by atoms with Gasteiger partial charge in [0, 0.05) is 31.0 Å². The van der Waals surface area contributed by atoms with Crippen LogP contribution in [0.4, 0.5) is 5.69 Å². The predicted molar refractivity (Wildman–Crippen MR) is 94.3 cm³/mol. The van der Waals surface area contributed by atoms with Gasteiger partial charge < -0.3 is 5.73 Å². The van der Waals surface area contributed by atoms with Crippen molar-refractivity contribution in [3.8, 4) is 11.3 Å². The van der Waals surface area contributed by atoms with Crippen molar-refractivity contribution in [2.75, 3.05) is 5.73 Å². The second kappa shape index (κ2) is 5.26. The van der Waals surface area contributed by atoms with Gasteiger partial charge >= 0.3 is 5.69 Å². The quantitative estimate of drug-likeness (QED) is 0.791. The summed E-state index contributed by atoms with van der Waals surface area (Å²) in [5.41, 5.74) is 10.2. The predicted octanol–water partition coefficient (Wildman–Crippen LogP) is 3.03. The van der Waals surface area contributed by atoms with E-state index in [4.69, 9.17) is 5.73 Å². The summed E-state index contributed by atoms with van der Waals surface area (Å²) in [5, 5.41) is 0. The third-order valence-electron chi connectivity index (χ3n) is 3.86. The number of nitrogens with two attached hydrogens (primary N) is 1. The molecule has 0 unspecified atom stereocenters. The minimum Gasteiger partial charge on any atom is -0.399 e. The van der Waals surface area contributed by atoms with Crippen LogP contribution in [-0.2, 0) is 13.6 Å². The van der Waals surface area contributed by atoms with Crippen LogP contribution in [0.25, 0.3) is 22.3 Å². The van der Waals surface area contributed by atoms with Crippen LogP contribution >= 0.6 is 0 Å². The van der Waals surface area contributed by atoms with Crippen molar-refractivity contribution in [3.05, 3.63) is 47.0 Å². The minimum absolute atomic E-state index is 0.00705. The molecule has 0 aliphatic heterocycles. The molecule has 23 heavy (non-hydrogen) atoms. The Bertz CT molecular complexity index is 928. The van der Waals surface area contributed by atoms with Gasteiger partial charge in [0.25, 0.3) is 0 Å². The van der Waals surface area contributed by atoms with E-state index >= 15 is 0 Å². The van der Waals surface area contributed by atoms with E-state index in [1.807, 2.05) is 28.8 Å². The molecule has 3 aromatic rings. The standard InChI is InChI=1S/C18H22N4O/c1-18(2,3)11-22-15-6-5-12(9-16(15)21(4)17(22)23)14-10-13(19)7-8-20-14/h5-10H,11H2,1-4H3,(H2,19,20). The third kappa shape index (κ3) is 2.86. The summed E-state index contributed by atoms with van der Waals surface area (Å²) in [6, 6.07) is 9.58. The molecule has 0 radical (unpaired) electrons. The lowest BCUT2D eigenvalue weighted by Crippen LogP contribution is -2.27. The monoisotopic (exact) mass is 310 g/mol. The van der Waals surface area contributed by atoms with Crippen molar-refractivity contribution in [1.82, 2.24) is 14.1 Å². The second-order valence-corrected chi connectivity index (χ2v) is 7.17. The molecule has 5 nitrogen and oxygen atoms in total. The number of nitrogen functional groups attached to an aromatic ring is 1. The Kier molecular flexibility index (Phi) is 3.51. The van der Waals surface area contributed by atoms with Gasteiger partial charge in [0.05, 0.1) is 16.7 Å². The van der Waals surface area contributed by atoms with Gasteiger partial charge in [-0.15, -0.1) is 0 Å². The highest BCUT2D eigenvalue weighted by Gasteiger charge is 2.18. The molecule has 5 heteroatoms. The number of nitrogens with zero attached hydrogens (tertiary/aromatic N) is 3. The van der Waals surface area contributed by atoms with Gasteiger partial charge in [-0.1, -0.05) is 26.8 Å². The van der Waals surface area contributed by atoms with E-state index in [9.17, 15) is 4.79 Å². The third-order valence-corrected chi connectivity index (χ3v) is 3.86. The molecule has 0 saturated carbocycles. The fourth-order valence-corrected chi connectivity index (χ4v) is 2.80. The number of pyridine rings is 1. The molecule has 0 atom stereocenters. The Morgan fingerprint density at radius 3 is 2.52 bits per heavy atom. The lowest BCUT2D eigenvalue weighted by Gasteiger charge is -2.18. The molecule has 0 aliphatic carbocycles. The van der Waals surface area contributed by atoms with Gasteiger partial charge in [0.2, 0.25) is 0 Å². The number of aryl methyl sites for hydroxylation is 1. The van der Waals surface area contributed by atoms with Crippen molar-refractivity contribution < 1.29 is 0 Å². The Morgan fingerprint density at radius 2 is 1.87 bits per heavy atom. The van der Waals surface area contributed by atoms with E-state index < -0.39 is 0 Å². The molecule has 0 saturated heterocycles. The smallest absolute Gasteiger partial charge is 0.328 e. The maximum Gasteiger partial charge on any atom is 0.328 e. The molecule has 3 rings (SSSR count). The molecular formula is C18H22N4O. The van der Waals surface area contributed by atoms with E-state index in [1.54, 1.807) is 23.9 Å². The zero-order chi connectivity index (χ0) is 16.8. The van der Waals surface area contributed by atoms with Crippen molar-refractivity contribution >= 4 is 16.7 Å². The number of rotatable bonds is 2. The van der Waals surface area contributed by atoms with Gasteiger partial charge in [0.15, 0.2) is 0 Å². The number of benzene rings is 1. The second-order valence-electron chi connectivity index (χ2n) is 7.17. The highest BCUT2D eigenvalue weighted by Crippen LogP contribution is 2.25. The summed E-state index contributed by atoms with van der Waals surface area (Å²) in [5.74, 6) is 0. The first-order valence-corrected chi connectivity index (χ1v) is 7.67. The van der Waals surface area contributed by atoms with Crippen LogP contribution in [0.2, 0.25) is 0 Å². The SMILES string of the molecule is Cn1c(=O)n(CC(C)(C)C)c2ccc(-c3cc(N)ccn3)cc21. The van der Waals surface area contributed by atoms with Gasteiger partial charge in [-0.25, -0.2) is 4.79 Å². The van der Waals surface area contributed by atoms with Crippen LogP contribution in [-0.4, -0.2) is 14.1 Å². The molecule has 0 fully saturated rings. The van der Waals surface area contributed by atoms with E-state index in [-0.39, 0.29) is 11.1 Å². The molecular weight excluding hydrogens is 288 g/mol. The molecule has 120 valence electrons. The zero-order valence-corrected chi connectivity index (χ0v) is 14.0. The lowest BCUT2D eigenvalue weighted by atomic mass is 9.97. The zero-order valence-electron chi connectivity index (χ0n) is 14.0. The number of fused-ring (bicyclic) bond motifs is 1. The number of aromatic nitrogens is 3. The maximum atomic E-state index is 12.6. The summed E-state index contributed by atoms with van der Waals surface area (Å²) in [7, 11) is 1.81. The van der Waals surface area contributed by atoms with Crippen LogP contribution in [0.1, 0.15) is 20.8 Å². The van der Waals surface area contributed by atoms with Gasteiger partial charge in [-0.3, -0.25) is 14.1 Å². The van der Waals surface area contributed by atoms with Crippen molar-refractivity contribution in [2.24, 2.45) is 12.5 Å². The number of hydrogen-bond donors (Lipinski definition) is 1. The van der Waals surface area contributed by atoms with Crippen molar-refractivity contribution in [2.45, 2.75) is 27.3 Å². The molecule has 0 bridgehead atoms. The minimum atomic E-state index is 0.00705. The summed E-state index contributed by atoms with van der Waals surface area (Å²) >= 11 is 0. The van der Waals surface area contributed by atoms with E-state index in [0.29, 0.717) is 12.2 Å². The molecule has 0 amide bonds. The Hall–Kier alpha value is -2.56. The van der Waals surface area contributed by atoms with E-state index in [0.717, 1.165) is 22.3 Å². The highest BCUT2D eigenvalue weighted by molar-refractivity contribution is 5.82. The maximum absolute atomic E-state index is 12.6. The van der Waals surface area contributed by atoms with E-state index in [2.05, 4.69) is 25.8 Å². The lowest BCUT2D eigenvalue weighted by molar-refractivity contribution is 0.342. The average molecular weight is 310 g/mol. The normalized spacial score (nSPS) is 12.0. The van der Waals surface area contributed by atoms with Crippen molar-refractivity contribution in [1.29, 1.82) is 0 Å². The van der Waals surface area contributed by atoms with Crippen LogP contribution in [0.3, 0.4) is 0 Å². The first kappa shape index (κ1) is 15.3. The number of imidazole rings is 1. The van der Waals surface area contributed by atoms with Crippen LogP contribution < -0.4 is 11.4 Å². The fourth-order valence-electron chi connectivity index (χ4n) is 2.80. The molecule has 1 aromatic carbocycles. The molecule has 0 spiro atoms. The van der Waals surface area contributed by atoms with Crippen LogP contribution in [0.5, 0.6) is 0 Å². The van der Waals surface area contributed by atoms with Gasteiger partial charge in [-0.2, -0.15) is 0 Å². The highest BCUT2D eigenvalue weighted by atomic mass is 16.1.